The van der Waals surface area contributed by atoms with Crippen LogP contribution in [0.25, 0.3) is 0 Å². The first-order valence-corrected chi connectivity index (χ1v) is 10.1. The van der Waals surface area contributed by atoms with Crippen molar-refractivity contribution in [3.63, 3.8) is 0 Å². The highest BCUT2D eigenvalue weighted by atomic mass is 35.5. The standard InChI is InChI=1S/C19H22Cl2N8/c1-12-9-17(27-26-12)23-16-11-18(29-7-5-28(2)6-8-29)25-19(24-16)22-15-4-3-13(20)10-14(15)21/h3-4,9-11H,5-8H2,1-2H3,(H3,22,23,24,25,26,27). The summed E-state index contributed by atoms with van der Waals surface area (Å²) in [7, 11) is 2.12. The van der Waals surface area contributed by atoms with Crippen LogP contribution >= 0.6 is 23.2 Å². The summed E-state index contributed by atoms with van der Waals surface area (Å²) in [5, 5.41) is 14.7. The Hall–Kier alpha value is -2.55. The fourth-order valence-electron chi connectivity index (χ4n) is 3.08. The van der Waals surface area contributed by atoms with E-state index in [1.807, 2.05) is 19.1 Å². The number of rotatable bonds is 5. The second-order valence-corrected chi connectivity index (χ2v) is 7.88. The van der Waals surface area contributed by atoms with Crippen molar-refractivity contribution in [2.75, 3.05) is 48.8 Å². The molecule has 4 rings (SSSR count). The van der Waals surface area contributed by atoms with Gasteiger partial charge in [-0.05, 0) is 32.2 Å². The first-order valence-electron chi connectivity index (χ1n) is 9.30. The Morgan fingerprint density at radius 1 is 0.966 bits per heavy atom. The zero-order valence-electron chi connectivity index (χ0n) is 16.2. The zero-order valence-corrected chi connectivity index (χ0v) is 17.7. The third kappa shape index (κ3) is 4.90. The minimum atomic E-state index is 0.445. The molecule has 152 valence electrons. The first kappa shape index (κ1) is 19.8. The molecule has 3 N–H and O–H groups in total. The van der Waals surface area contributed by atoms with E-state index in [1.165, 1.54) is 0 Å². The van der Waals surface area contributed by atoms with Gasteiger partial charge < -0.3 is 20.4 Å². The van der Waals surface area contributed by atoms with E-state index in [1.54, 1.807) is 18.2 Å². The molecule has 1 fully saturated rings. The molecule has 3 heterocycles. The maximum atomic E-state index is 6.31. The molecule has 1 saturated heterocycles. The summed E-state index contributed by atoms with van der Waals surface area (Å²) >= 11 is 12.3. The van der Waals surface area contributed by atoms with Crippen molar-refractivity contribution in [3.8, 4) is 0 Å². The molecule has 10 heteroatoms. The fourth-order valence-corrected chi connectivity index (χ4v) is 3.53. The van der Waals surface area contributed by atoms with Gasteiger partial charge in [-0.25, -0.2) is 0 Å². The van der Waals surface area contributed by atoms with Crippen LogP contribution in [0.3, 0.4) is 0 Å². The number of piperazine rings is 1. The molecule has 0 aliphatic carbocycles. The number of aromatic nitrogens is 4. The molecular formula is C19H22Cl2N8. The van der Waals surface area contributed by atoms with Gasteiger partial charge in [-0.2, -0.15) is 15.1 Å². The molecule has 0 unspecified atom stereocenters. The number of nitrogens with zero attached hydrogens (tertiary/aromatic N) is 5. The summed E-state index contributed by atoms with van der Waals surface area (Å²) in [5.41, 5.74) is 1.65. The molecule has 8 nitrogen and oxygen atoms in total. The largest absolute Gasteiger partial charge is 0.354 e. The number of H-pyrrole nitrogens is 1. The number of nitrogens with one attached hydrogen (secondary N) is 3. The number of aromatic amines is 1. The van der Waals surface area contributed by atoms with Crippen molar-refractivity contribution < 1.29 is 0 Å². The Kier molecular flexibility index (Phi) is 5.75. The fraction of sp³-hybridized carbons (Fsp3) is 0.316. The van der Waals surface area contributed by atoms with E-state index in [0.29, 0.717) is 33.3 Å². The Morgan fingerprint density at radius 2 is 1.76 bits per heavy atom. The lowest BCUT2D eigenvalue weighted by Crippen LogP contribution is -2.44. The van der Waals surface area contributed by atoms with E-state index in [-0.39, 0.29) is 0 Å². The van der Waals surface area contributed by atoms with Gasteiger partial charge in [0, 0.05) is 49.0 Å². The highest BCUT2D eigenvalue weighted by molar-refractivity contribution is 6.36. The van der Waals surface area contributed by atoms with Crippen molar-refractivity contribution >= 4 is 52.3 Å². The predicted octanol–water partition coefficient (Wildman–Crippen LogP) is 4.05. The van der Waals surface area contributed by atoms with Crippen LogP contribution in [-0.2, 0) is 0 Å². The molecule has 2 aromatic heterocycles. The number of benzene rings is 1. The van der Waals surface area contributed by atoms with Crippen LogP contribution in [-0.4, -0.2) is 58.3 Å². The molecule has 1 aliphatic heterocycles. The molecule has 0 spiro atoms. The Labute approximate surface area is 179 Å². The number of aryl methyl sites for hydroxylation is 1. The van der Waals surface area contributed by atoms with E-state index in [4.69, 9.17) is 28.2 Å². The van der Waals surface area contributed by atoms with E-state index in [2.05, 4.69) is 42.7 Å². The molecule has 1 aromatic carbocycles. The minimum absolute atomic E-state index is 0.445. The summed E-state index contributed by atoms with van der Waals surface area (Å²) < 4.78 is 0. The summed E-state index contributed by atoms with van der Waals surface area (Å²) in [6.07, 6.45) is 0. The molecule has 0 bridgehead atoms. The van der Waals surface area contributed by atoms with Gasteiger partial charge in [-0.1, -0.05) is 23.2 Å². The molecule has 1 aliphatic rings. The van der Waals surface area contributed by atoms with Crippen LogP contribution in [0.1, 0.15) is 5.69 Å². The van der Waals surface area contributed by atoms with Gasteiger partial charge in [0.2, 0.25) is 5.95 Å². The van der Waals surface area contributed by atoms with Crippen molar-refractivity contribution in [3.05, 3.63) is 46.1 Å². The number of hydrogen-bond donors (Lipinski definition) is 3. The molecular weight excluding hydrogens is 411 g/mol. The van der Waals surface area contributed by atoms with Crippen LogP contribution in [0, 0.1) is 6.92 Å². The van der Waals surface area contributed by atoms with Crippen LogP contribution < -0.4 is 15.5 Å². The first-order chi connectivity index (χ1) is 14.0. The third-order valence-corrected chi connectivity index (χ3v) is 5.23. The number of likely N-dealkylation sites (N-methyl/N-ethyl adjacent to an activating group) is 1. The predicted molar refractivity (Wildman–Crippen MR) is 118 cm³/mol. The van der Waals surface area contributed by atoms with Crippen molar-refractivity contribution in [1.29, 1.82) is 0 Å². The average Bonchev–Trinajstić information content (AvgIpc) is 3.09. The van der Waals surface area contributed by atoms with Gasteiger partial charge in [0.05, 0.1) is 10.7 Å². The van der Waals surface area contributed by atoms with Gasteiger partial charge in [-0.3, -0.25) is 5.10 Å². The third-order valence-electron chi connectivity index (χ3n) is 4.68. The Morgan fingerprint density at radius 3 is 2.45 bits per heavy atom. The molecule has 0 saturated carbocycles. The molecule has 0 atom stereocenters. The van der Waals surface area contributed by atoms with E-state index in [0.717, 1.165) is 37.7 Å². The quantitative estimate of drug-likeness (QED) is 0.560. The van der Waals surface area contributed by atoms with Gasteiger partial charge in [-0.15, -0.1) is 0 Å². The zero-order chi connectivity index (χ0) is 20.4. The van der Waals surface area contributed by atoms with Crippen LogP contribution in [0.5, 0.6) is 0 Å². The summed E-state index contributed by atoms with van der Waals surface area (Å²) in [6, 6.07) is 9.11. The lowest BCUT2D eigenvalue weighted by molar-refractivity contribution is 0.312. The normalized spacial score (nSPS) is 14.8. The van der Waals surface area contributed by atoms with E-state index in [9.17, 15) is 0 Å². The van der Waals surface area contributed by atoms with E-state index >= 15 is 0 Å². The summed E-state index contributed by atoms with van der Waals surface area (Å²) in [5.74, 6) is 2.63. The molecule has 29 heavy (non-hydrogen) atoms. The topological polar surface area (TPSA) is 85.0 Å². The molecule has 0 radical (unpaired) electrons. The second-order valence-electron chi connectivity index (χ2n) is 7.04. The molecule has 3 aromatic rings. The SMILES string of the molecule is Cc1cc(Nc2cc(N3CCN(C)CC3)nc(Nc3ccc(Cl)cc3Cl)n2)n[nH]1. The van der Waals surface area contributed by atoms with Gasteiger partial charge >= 0.3 is 0 Å². The van der Waals surface area contributed by atoms with Gasteiger partial charge in [0.25, 0.3) is 0 Å². The maximum absolute atomic E-state index is 6.31. The average molecular weight is 433 g/mol. The minimum Gasteiger partial charge on any atom is -0.354 e. The van der Waals surface area contributed by atoms with Gasteiger partial charge in [0.1, 0.15) is 11.6 Å². The lowest BCUT2D eigenvalue weighted by atomic mass is 10.3. The second kappa shape index (κ2) is 8.44. The molecule has 0 amide bonds. The Balaban J connectivity index is 1.65. The highest BCUT2D eigenvalue weighted by Crippen LogP contribution is 2.29. The monoisotopic (exact) mass is 432 g/mol. The smallest absolute Gasteiger partial charge is 0.231 e. The Bertz CT molecular complexity index is 998. The van der Waals surface area contributed by atoms with Crippen molar-refractivity contribution in [2.24, 2.45) is 0 Å². The van der Waals surface area contributed by atoms with E-state index < -0.39 is 0 Å². The number of halogens is 2. The highest BCUT2D eigenvalue weighted by Gasteiger charge is 2.18. The van der Waals surface area contributed by atoms with Crippen molar-refractivity contribution in [1.82, 2.24) is 25.1 Å². The van der Waals surface area contributed by atoms with Crippen LogP contribution in [0.15, 0.2) is 30.3 Å². The van der Waals surface area contributed by atoms with Crippen LogP contribution in [0.4, 0.5) is 29.1 Å². The number of hydrogen-bond acceptors (Lipinski definition) is 7. The van der Waals surface area contributed by atoms with Gasteiger partial charge in [0.15, 0.2) is 5.82 Å². The maximum Gasteiger partial charge on any atom is 0.231 e. The summed E-state index contributed by atoms with van der Waals surface area (Å²) in [4.78, 5) is 13.9. The summed E-state index contributed by atoms with van der Waals surface area (Å²) in [6.45, 7) is 5.71. The van der Waals surface area contributed by atoms with Crippen molar-refractivity contribution in [2.45, 2.75) is 6.92 Å². The number of anilines is 5. The lowest BCUT2D eigenvalue weighted by Gasteiger charge is -2.33. The van der Waals surface area contributed by atoms with Crippen LogP contribution in [0.2, 0.25) is 10.0 Å².